The molecule has 2 aromatic rings. The van der Waals surface area contributed by atoms with Gasteiger partial charge >= 0.3 is 0 Å². The van der Waals surface area contributed by atoms with E-state index >= 15 is 0 Å². The molecule has 0 aliphatic heterocycles. The number of rotatable bonds is 2. The van der Waals surface area contributed by atoms with Gasteiger partial charge in [-0.05, 0) is 18.2 Å². The van der Waals surface area contributed by atoms with E-state index in [-0.39, 0.29) is 10.6 Å². The molecule has 0 fully saturated rings. The lowest BCUT2D eigenvalue weighted by Gasteiger charge is -2.11. The Morgan fingerprint density at radius 3 is 1.84 bits per heavy atom. The fourth-order valence-corrected chi connectivity index (χ4v) is 2.97. The van der Waals surface area contributed by atoms with Gasteiger partial charge in [0.15, 0.2) is 0 Å². The molecule has 0 unspecified atom stereocenters. The molecular formula is C13H6Cl4F2. The molecule has 0 aromatic heterocycles. The zero-order chi connectivity index (χ0) is 14.2. The van der Waals surface area contributed by atoms with Crippen molar-refractivity contribution in [2.24, 2.45) is 0 Å². The number of alkyl halides is 2. The van der Waals surface area contributed by atoms with Crippen LogP contribution >= 0.6 is 46.4 Å². The van der Waals surface area contributed by atoms with Gasteiger partial charge in [-0.3, -0.25) is 0 Å². The molecule has 0 aliphatic carbocycles. The van der Waals surface area contributed by atoms with Crippen molar-refractivity contribution in [3.05, 3.63) is 56.0 Å². The molecule has 6 heteroatoms. The highest BCUT2D eigenvalue weighted by molar-refractivity contribution is 6.43. The molecule has 0 heterocycles. The van der Waals surface area contributed by atoms with Crippen LogP contribution in [0.4, 0.5) is 8.78 Å². The van der Waals surface area contributed by atoms with Crippen LogP contribution in [-0.4, -0.2) is 0 Å². The van der Waals surface area contributed by atoms with Crippen molar-refractivity contribution in [1.82, 2.24) is 0 Å². The third-order valence-electron chi connectivity index (χ3n) is 2.52. The highest BCUT2D eigenvalue weighted by Crippen LogP contribution is 2.41. The minimum atomic E-state index is -2.58. The van der Waals surface area contributed by atoms with Crippen LogP contribution in [0.1, 0.15) is 12.0 Å². The summed E-state index contributed by atoms with van der Waals surface area (Å²) in [5, 5.41) is 1.16. The first-order valence-corrected chi connectivity index (χ1v) is 6.64. The van der Waals surface area contributed by atoms with Crippen LogP contribution < -0.4 is 0 Å². The summed E-state index contributed by atoms with van der Waals surface area (Å²) < 4.78 is 25.1. The average molecular weight is 342 g/mol. The van der Waals surface area contributed by atoms with E-state index in [4.69, 9.17) is 46.4 Å². The van der Waals surface area contributed by atoms with Crippen molar-refractivity contribution in [3.8, 4) is 11.1 Å². The van der Waals surface area contributed by atoms with Crippen LogP contribution in [0.5, 0.6) is 0 Å². The Labute approximate surface area is 128 Å². The minimum Gasteiger partial charge on any atom is -0.205 e. The van der Waals surface area contributed by atoms with Gasteiger partial charge in [0.2, 0.25) is 0 Å². The quantitative estimate of drug-likeness (QED) is 0.557. The summed E-state index contributed by atoms with van der Waals surface area (Å²) in [6.45, 7) is 0. The van der Waals surface area contributed by atoms with Crippen molar-refractivity contribution in [2.75, 3.05) is 0 Å². The monoisotopic (exact) mass is 340 g/mol. The van der Waals surface area contributed by atoms with Crippen molar-refractivity contribution < 1.29 is 8.78 Å². The van der Waals surface area contributed by atoms with Crippen molar-refractivity contribution >= 4 is 46.4 Å². The van der Waals surface area contributed by atoms with E-state index < -0.39 is 6.43 Å². The molecule has 2 aromatic carbocycles. The van der Waals surface area contributed by atoms with Gasteiger partial charge in [0.25, 0.3) is 6.43 Å². The van der Waals surface area contributed by atoms with Crippen LogP contribution in [0.25, 0.3) is 11.1 Å². The molecule has 0 amide bonds. The fraction of sp³-hybridized carbons (Fsp3) is 0.0769. The van der Waals surface area contributed by atoms with E-state index in [9.17, 15) is 8.78 Å². The van der Waals surface area contributed by atoms with Crippen molar-refractivity contribution in [2.45, 2.75) is 6.43 Å². The molecule has 0 nitrogen and oxygen atoms in total. The molecule has 0 bridgehead atoms. The van der Waals surface area contributed by atoms with Crippen molar-refractivity contribution in [3.63, 3.8) is 0 Å². The SMILES string of the molecule is FC(F)c1ccc(-c2c(Cl)cc(Cl)cc2Cl)c(Cl)c1. The van der Waals surface area contributed by atoms with Crippen LogP contribution in [-0.2, 0) is 0 Å². The van der Waals surface area contributed by atoms with Crippen LogP contribution in [0.15, 0.2) is 30.3 Å². The Bertz CT molecular complexity index is 603. The number of benzene rings is 2. The summed E-state index contributed by atoms with van der Waals surface area (Å²) in [5.74, 6) is 0. The van der Waals surface area contributed by atoms with E-state index in [1.54, 1.807) is 0 Å². The third kappa shape index (κ3) is 3.14. The Morgan fingerprint density at radius 2 is 1.37 bits per heavy atom. The molecule has 2 rings (SSSR count). The Balaban J connectivity index is 2.60. The molecule has 0 radical (unpaired) electrons. The van der Waals surface area contributed by atoms with Gasteiger partial charge in [0, 0.05) is 26.7 Å². The largest absolute Gasteiger partial charge is 0.263 e. The highest BCUT2D eigenvalue weighted by atomic mass is 35.5. The summed E-state index contributed by atoms with van der Waals surface area (Å²) in [7, 11) is 0. The molecule has 0 saturated carbocycles. The molecule has 100 valence electrons. The number of halogens is 6. The van der Waals surface area contributed by atoms with Crippen molar-refractivity contribution in [1.29, 1.82) is 0 Å². The summed E-state index contributed by atoms with van der Waals surface area (Å²) in [6, 6.07) is 6.98. The van der Waals surface area contributed by atoms with E-state index in [1.807, 2.05) is 0 Å². The van der Waals surface area contributed by atoms with Gasteiger partial charge in [-0.15, -0.1) is 0 Å². The first-order chi connectivity index (χ1) is 8.90. The summed E-state index contributed by atoms with van der Waals surface area (Å²) in [6.07, 6.45) is -2.58. The summed E-state index contributed by atoms with van der Waals surface area (Å²) in [5.41, 5.74) is 0.797. The molecule has 19 heavy (non-hydrogen) atoms. The Morgan fingerprint density at radius 1 is 0.789 bits per heavy atom. The first kappa shape index (κ1) is 14.9. The first-order valence-electron chi connectivity index (χ1n) is 5.12. The number of hydrogen-bond acceptors (Lipinski definition) is 0. The van der Waals surface area contributed by atoms with Crippen LogP contribution in [0.2, 0.25) is 20.1 Å². The van der Waals surface area contributed by atoms with E-state index in [1.165, 1.54) is 30.3 Å². The summed E-state index contributed by atoms with van der Waals surface area (Å²) >= 11 is 24.0. The molecule has 0 saturated heterocycles. The van der Waals surface area contributed by atoms with Crippen LogP contribution in [0.3, 0.4) is 0 Å². The molecule has 0 aliphatic rings. The van der Waals surface area contributed by atoms with Gasteiger partial charge in [-0.2, -0.15) is 0 Å². The van der Waals surface area contributed by atoms with E-state index in [2.05, 4.69) is 0 Å². The molecule has 0 spiro atoms. The van der Waals surface area contributed by atoms with Gasteiger partial charge in [0.1, 0.15) is 0 Å². The predicted molar refractivity (Wildman–Crippen MR) is 76.9 cm³/mol. The summed E-state index contributed by atoms with van der Waals surface area (Å²) in [4.78, 5) is 0. The standard InChI is InChI=1S/C13H6Cl4F2/c14-7-4-10(16)12(11(17)5-7)8-2-1-6(13(18)19)3-9(8)15/h1-5,13H. The zero-order valence-electron chi connectivity index (χ0n) is 9.23. The second-order valence-corrected chi connectivity index (χ2v) is 5.44. The normalized spacial score (nSPS) is 11.1. The maximum atomic E-state index is 12.6. The Kier molecular flexibility index (Phi) is 4.57. The number of hydrogen-bond donors (Lipinski definition) is 0. The van der Waals surface area contributed by atoms with Gasteiger partial charge in [-0.1, -0.05) is 58.5 Å². The fourth-order valence-electron chi connectivity index (χ4n) is 1.67. The Hall–Kier alpha value is -0.540. The van der Waals surface area contributed by atoms with E-state index in [0.717, 1.165) is 0 Å². The smallest absolute Gasteiger partial charge is 0.205 e. The molecular weight excluding hydrogens is 336 g/mol. The minimum absolute atomic E-state index is 0.156. The lowest BCUT2D eigenvalue weighted by molar-refractivity contribution is 0.151. The second kappa shape index (κ2) is 5.84. The maximum Gasteiger partial charge on any atom is 0.263 e. The van der Waals surface area contributed by atoms with Gasteiger partial charge in [-0.25, -0.2) is 8.78 Å². The third-order valence-corrected chi connectivity index (χ3v) is 3.65. The second-order valence-electron chi connectivity index (χ2n) is 3.78. The van der Waals surface area contributed by atoms with Gasteiger partial charge < -0.3 is 0 Å². The molecule has 0 atom stereocenters. The maximum absolute atomic E-state index is 12.6. The zero-order valence-corrected chi connectivity index (χ0v) is 12.3. The predicted octanol–water partition coefficient (Wildman–Crippen LogP) is 6.90. The average Bonchev–Trinajstić information content (AvgIpc) is 2.29. The lowest BCUT2D eigenvalue weighted by Crippen LogP contribution is -1.88. The highest BCUT2D eigenvalue weighted by Gasteiger charge is 2.15. The topological polar surface area (TPSA) is 0 Å². The van der Waals surface area contributed by atoms with E-state index in [0.29, 0.717) is 26.2 Å². The van der Waals surface area contributed by atoms with Crippen LogP contribution in [0, 0.1) is 0 Å². The van der Waals surface area contributed by atoms with Gasteiger partial charge in [0.05, 0.1) is 10.0 Å². The molecule has 0 N–H and O–H groups in total. The lowest BCUT2D eigenvalue weighted by atomic mass is 10.0.